The first-order valence-corrected chi connectivity index (χ1v) is 4.51. The average molecular weight is 168 g/mol. The number of ether oxygens (including phenoxy) is 1. The zero-order valence-electron chi connectivity index (χ0n) is 7.42. The highest BCUT2D eigenvalue weighted by atomic mass is 16.5. The van der Waals surface area contributed by atoms with Crippen molar-refractivity contribution in [2.45, 2.75) is 25.7 Å². The van der Waals surface area contributed by atoms with E-state index in [1.165, 1.54) is 6.42 Å². The molecular formula is C10H16O2. The first kappa shape index (κ1) is 9.46. The van der Waals surface area contributed by atoms with E-state index in [9.17, 15) is 4.79 Å². The molecule has 2 heteroatoms. The minimum Gasteiger partial charge on any atom is -0.381 e. The summed E-state index contributed by atoms with van der Waals surface area (Å²) in [5.74, 6) is 0.603. The fourth-order valence-electron chi connectivity index (χ4n) is 1.58. The average Bonchev–Trinajstić information content (AvgIpc) is 2.06. The van der Waals surface area contributed by atoms with Crippen LogP contribution in [0.1, 0.15) is 25.7 Å². The number of carbonyl (C=O) groups is 1. The van der Waals surface area contributed by atoms with Crippen LogP contribution in [0.25, 0.3) is 0 Å². The van der Waals surface area contributed by atoms with E-state index in [0.29, 0.717) is 12.3 Å². The van der Waals surface area contributed by atoms with Gasteiger partial charge in [-0.1, -0.05) is 12.2 Å². The number of rotatable bonds is 4. The quantitative estimate of drug-likeness (QED) is 0.473. The number of aldehydes is 1. The molecule has 0 radical (unpaired) electrons. The van der Waals surface area contributed by atoms with Crippen molar-refractivity contribution in [2.24, 2.45) is 5.92 Å². The summed E-state index contributed by atoms with van der Waals surface area (Å²) in [7, 11) is 0. The Morgan fingerprint density at radius 2 is 2.50 bits per heavy atom. The van der Waals surface area contributed by atoms with Crippen LogP contribution in [0.15, 0.2) is 12.2 Å². The highest BCUT2D eigenvalue weighted by molar-refractivity contribution is 5.53. The second kappa shape index (κ2) is 5.09. The van der Waals surface area contributed by atoms with Gasteiger partial charge in [0, 0.05) is 19.6 Å². The van der Waals surface area contributed by atoms with Gasteiger partial charge in [0.2, 0.25) is 0 Å². The molecule has 0 aromatic heterocycles. The fraction of sp³-hybridized carbons (Fsp3) is 0.700. The molecular weight excluding hydrogens is 152 g/mol. The SMILES string of the molecule is C=C(CC=O)CC1CCCOC1. The summed E-state index contributed by atoms with van der Waals surface area (Å²) in [6.45, 7) is 5.60. The highest BCUT2D eigenvalue weighted by Gasteiger charge is 2.14. The van der Waals surface area contributed by atoms with Gasteiger partial charge in [0.1, 0.15) is 6.29 Å². The van der Waals surface area contributed by atoms with Gasteiger partial charge in [-0.25, -0.2) is 0 Å². The van der Waals surface area contributed by atoms with Gasteiger partial charge < -0.3 is 9.53 Å². The molecule has 1 aliphatic rings. The number of hydrogen-bond acceptors (Lipinski definition) is 2. The Balaban J connectivity index is 2.19. The molecule has 1 rings (SSSR count). The van der Waals surface area contributed by atoms with Crippen molar-refractivity contribution in [3.05, 3.63) is 12.2 Å². The molecule has 1 aliphatic heterocycles. The van der Waals surface area contributed by atoms with Crippen molar-refractivity contribution >= 4 is 6.29 Å². The van der Waals surface area contributed by atoms with Gasteiger partial charge in [0.15, 0.2) is 0 Å². The molecule has 1 saturated heterocycles. The van der Waals surface area contributed by atoms with Crippen LogP contribution in [-0.2, 0) is 9.53 Å². The van der Waals surface area contributed by atoms with Crippen LogP contribution in [0.3, 0.4) is 0 Å². The monoisotopic (exact) mass is 168 g/mol. The summed E-state index contributed by atoms with van der Waals surface area (Å²) in [5.41, 5.74) is 1.04. The summed E-state index contributed by atoms with van der Waals surface area (Å²) >= 11 is 0. The van der Waals surface area contributed by atoms with E-state index in [-0.39, 0.29) is 0 Å². The largest absolute Gasteiger partial charge is 0.381 e. The lowest BCUT2D eigenvalue weighted by atomic mass is 9.94. The zero-order valence-corrected chi connectivity index (χ0v) is 7.42. The van der Waals surface area contributed by atoms with Crippen molar-refractivity contribution in [1.82, 2.24) is 0 Å². The standard InChI is InChI=1S/C10H16O2/c1-9(4-5-11)7-10-3-2-6-12-8-10/h5,10H,1-4,6-8H2. The Labute approximate surface area is 73.6 Å². The molecule has 0 aliphatic carbocycles. The first-order valence-electron chi connectivity index (χ1n) is 4.51. The van der Waals surface area contributed by atoms with Gasteiger partial charge in [0.05, 0.1) is 0 Å². The van der Waals surface area contributed by atoms with Crippen LogP contribution in [0.2, 0.25) is 0 Å². The van der Waals surface area contributed by atoms with Gasteiger partial charge in [-0.05, 0) is 25.2 Å². The van der Waals surface area contributed by atoms with Crippen molar-refractivity contribution in [1.29, 1.82) is 0 Å². The number of carbonyl (C=O) groups excluding carboxylic acids is 1. The minimum atomic E-state index is 0.510. The molecule has 1 fully saturated rings. The van der Waals surface area contributed by atoms with Gasteiger partial charge in [-0.2, -0.15) is 0 Å². The van der Waals surface area contributed by atoms with Crippen molar-refractivity contribution in [3.8, 4) is 0 Å². The molecule has 1 atom stereocenters. The van der Waals surface area contributed by atoms with Crippen molar-refractivity contribution < 1.29 is 9.53 Å². The smallest absolute Gasteiger partial charge is 0.124 e. The molecule has 0 bridgehead atoms. The summed E-state index contributed by atoms with van der Waals surface area (Å²) in [6.07, 6.45) is 4.76. The van der Waals surface area contributed by atoms with E-state index < -0.39 is 0 Å². The first-order chi connectivity index (χ1) is 5.83. The van der Waals surface area contributed by atoms with Crippen LogP contribution in [0.4, 0.5) is 0 Å². The maximum absolute atomic E-state index is 10.2. The van der Waals surface area contributed by atoms with E-state index in [1.54, 1.807) is 0 Å². The van der Waals surface area contributed by atoms with Crippen LogP contribution in [-0.4, -0.2) is 19.5 Å². The van der Waals surface area contributed by atoms with Crippen molar-refractivity contribution in [2.75, 3.05) is 13.2 Å². The topological polar surface area (TPSA) is 26.3 Å². The van der Waals surface area contributed by atoms with Crippen molar-refractivity contribution in [3.63, 3.8) is 0 Å². The molecule has 0 saturated carbocycles. The van der Waals surface area contributed by atoms with Crippen LogP contribution in [0.5, 0.6) is 0 Å². The summed E-state index contributed by atoms with van der Waals surface area (Å²) < 4.78 is 5.33. The van der Waals surface area contributed by atoms with Gasteiger partial charge in [0.25, 0.3) is 0 Å². The molecule has 0 N–H and O–H groups in total. The van der Waals surface area contributed by atoms with Crippen LogP contribution in [0, 0.1) is 5.92 Å². The predicted molar refractivity (Wildman–Crippen MR) is 48.0 cm³/mol. The van der Waals surface area contributed by atoms with Gasteiger partial charge in [-0.15, -0.1) is 0 Å². The lowest BCUT2D eigenvalue weighted by Gasteiger charge is -2.22. The molecule has 12 heavy (non-hydrogen) atoms. The normalized spacial score (nSPS) is 23.5. The lowest BCUT2D eigenvalue weighted by molar-refractivity contribution is -0.107. The zero-order chi connectivity index (χ0) is 8.81. The maximum atomic E-state index is 10.2. The molecule has 1 unspecified atom stereocenters. The Morgan fingerprint density at radius 1 is 1.67 bits per heavy atom. The summed E-state index contributed by atoms with van der Waals surface area (Å²) in [6, 6.07) is 0. The Bertz CT molecular complexity index is 157. The van der Waals surface area contributed by atoms with E-state index in [1.807, 2.05) is 0 Å². The van der Waals surface area contributed by atoms with E-state index in [4.69, 9.17) is 4.74 Å². The van der Waals surface area contributed by atoms with Gasteiger partial charge in [-0.3, -0.25) is 0 Å². The molecule has 68 valence electrons. The van der Waals surface area contributed by atoms with E-state index >= 15 is 0 Å². The maximum Gasteiger partial charge on any atom is 0.124 e. The van der Waals surface area contributed by atoms with E-state index in [0.717, 1.165) is 37.9 Å². The summed E-state index contributed by atoms with van der Waals surface area (Å²) in [5, 5.41) is 0. The Hall–Kier alpha value is -0.630. The molecule has 0 spiro atoms. The van der Waals surface area contributed by atoms with E-state index in [2.05, 4.69) is 6.58 Å². The minimum absolute atomic E-state index is 0.510. The Kier molecular flexibility index (Phi) is 4.01. The second-order valence-corrected chi connectivity index (χ2v) is 3.41. The third kappa shape index (κ3) is 3.18. The second-order valence-electron chi connectivity index (χ2n) is 3.41. The third-order valence-electron chi connectivity index (χ3n) is 2.20. The molecule has 2 nitrogen and oxygen atoms in total. The fourth-order valence-corrected chi connectivity index (χ4v) is 1.58. The molecule has 0 aromatic rings. The Morgan fingerprint density at radius 3 is 3.08 bits per heavy atom. The van der Waals surface area contributed by atoms with Crippen LogP contribution >= 0.6 is 0 Å². The third-order valence-corrected chi connectivity index (χ3v) is 2.20. The van der Waals surface area contributed by atoms with Crippen LogP contribution < -0.4 is 0 Å². The molecule has 0 amide bonds. The highest BCUT2D eigenvalue weighted by Crippen LogP contribution is 2.21. The van der Waals surface area contributed by atoms with Gasteiger partial charge >= 0.3 is 0 Å². The molecule has 1 heterocycles. The summed E-state index contributed by atoms with van der Waals surface area (Å²) in [4.78, 5) is 10.2. The molecule has 0 aromatic carbocycles. The number of hydrogen-bond donors (Lipinski definition) is 0. The predicted octanol–water partition coefficient (Wildman–Crippen LogP) is 1.95. The number of allylic oxidation sites excluding steroid dienone is 1. The lowest BCUT2D eigenvalue weighted by Crippen LogP contribution is -2.17.